The minimum atomic E-state index is 0.845. The highest BCUT2D eigenvalue weighted by atomic mass is 79.9. The number of fused-ring (bicyclic) bond motifs is 1. The van der Waals surface area contributed by atoms with Crippen LogP contribution in [-0.4, -0.2) is 9.90 Å². The van der Waals surface area contributed by atoms with Crippen LogP contribution >= 0.6 is 47.8 Å². The molecular weight excluding hydrogens is 518 g/mol. The van der Waals surface area contributed by atoms with Crippen molar-refractivity contribution < 1.29 is 0 Å². The predicted octanol–water partition coefficient (Wildman–Crippen LogP) is 8.15. The molecule has 1 heterocycles. The Labute approximate surface area is 181 Å². The molecule has 1 nitrogen and oxygen atoms in total. The van der Waals surface area contributed by atoms with E-state index in [9.17, 15) is 0 Å². The monoisotopic (exact) mass is 537 g/mol. The second-order valence-corrected chi connectivity index (χ2v) is 7.52. The van der Waals surface area contributed by atoms with Crippen LogP contribution in [0.15, 0.2) is 57.5 Å². The number of nitrogens with zero attached hydrogens (tertiary/aromatic N) is 1. The number of hydrogen-bond donors (Lipinski definition) is 0. The van der Waals surface area contributed by atoms with E-state index in [0.717, 1.165) is 20.0 Å². The van der Waals surface area contributed by atoms with Gasteiger partial charge in [0, 0.05) is 31.0 Å². The highest BCUT2D eigenvalue weighted by molar-refractivity contribution is 9.10. The van der Waals surface area contributed by atoms with Gasteiger partial charge in [-0.15, -0.1) is 12.8 Å². The Morgan fingerprint density at radius 2 is 1.54 bits per heavy atom. The molecule has 0 bridgehead atoms. The van der Waals surface area contributed by atoms with Gasteiger partial charge in [0.25, 0.3) is 0 Å². The molecule has 26 heavy (non-hydrogen) atoms. The van der Waals surface area contributed by atoms with Crippen molar-refractivity contribution >= 4 is 64.8 Å². The van der Waals surface area contributed by atoms with E-state index in [1.165, 1.54) is 22.2 Å². The molecule has 3 rings (SSSR count). The summed E-state index contributed by atoms with van der Waals surface area (Å²) in [7, 11) is 0. The first-order valence-corrected chi connectivity index (χ1v) is 10.9. The molecule has 0 unspecified atom stereocenters. The molecule has 0 radical (unpaired) electrons. The zero-order valence-electron chi connectivity index (χ0n) is 15.1. The summed E-state index contributed by atoms with van der Waals surface area (Å²) in [6, 6.07) is 14.9. The van der Waals surface area contributed by atoms with Crippen LogP contribution in [0.2, 0.25) is 0 Å². The molecule has 0 saturated heterocycles. The summed E-state index contributed by atoms with van der Waals surface area (Å²) < 4.78 is 4.50. The number of aryl methyl sites for hydroxylation is 1. The van der Waals surface area contributed by atoms with Crippen LogP contribution in [0.4, 0.5) is 0 Å². The van der Waals surface area contributed by atoms with Gasteiger partial charge in [0.15, 0.2) is 0 Å². The average Bonchev–Trinajstić information content (AvgIpc) is 2.95. The largest absolute Gasteiger partial charge is 0.310 e. The first kappa shape index (κ1) is 22.8. The number of hydrogen-bond acceptors (Lipinski definition) is 0. The molecule has 0 atom stereocenters. The Morgan fingerprint density at radius 1 is 0.962 bits per heavy atom. The Morgan fingerprint density at radius 3 is 2.12 bits per heavy atom. The summed E-state index contributed by atoms with van der Waals surface area (Å²) >= 11 is 10.6. The highest BCUT2D eigenvalue weighted by Crippen LogP contribution is 2.32. The molecule has 136 valence electrons. The van der Waals surface area contributed by atoms with Gasteiger partial charge in [-0.1, -0.05) is 67.7 Å². The lowest BCUT2D eigenvalue weighted by atomic mass is 10.1. The minimum absolute atomic E-state index is 0.845. The molecule has 1 aromatic heterocycles. The normalized spacial score (nSPS) is 10.2. The zero-order valence-corrected chi connectivity index (χ0v) is 19.9. The van der Waals surface area contributed by atoms with Crippen molar-refractivity contribution in [1.82, 2.24) is 4.57 Å². The maximum atomic E-state index is 4.00. The Bertz CT molecular complexity index is 887. The van der Waals surface area contributed by atoms with Crippen molar-refractivity contribution in [1.29, 1.82) is 0 Å². The Kier molecular flexibility index (Phi) is 10.0. The van der Waals surface area contributed by atoms with Gasteiger partial charge in [-0.2, -0.15) is 0 Å². The second kappa shape index (κ2) is 11.4. The minimum Gasteiger partial charge on any atom is -0.310 e. The van der Waals surface area contributed by atoms with E-state index >= 15 is 0 Å². The molecule has 0 aliphatic carbocycles. The maximum absolute atomic E-state index is 4.00. The van der Waals surface area contributed by atoms with Crippen LogP contribution in [0.25, 0.3) is 22.7 Å². The van der Waals surface area contributed by atoms with Gasteiger partial charge in [-0.25, -0.2) is 0 Å². The number of aromatic nitrogens is 1. The van der Waals surface area contributed by atoms with Gasteiger partial charge in [0.05, 0.1) is 5.52 Å². The molecule has 0 amide bonds. The third-order valence-corrected chi connectivity index (χ3v) is 5.07. The van der Waals surface area contributed by atoms with Crippen LogP contribution in [-0.2, 0) is 0 Å². The van der Waals surface area contributed by atoms with Gasteiger partial charge in [0.2, 0.25) is 0 Å². The number of rotatable bonds is 3. The number of allylic oxidation sites excluding steroid dienone is 1. The van der Waals surface area contributed by atoms with Gasteiger partial charge in [-0.05, 0) is 61.0 Å². The fraction of sp³-hybridized carbons (Fsp3) is 0.182. The van der Waals surface area contributed by atoms with E-state index in [1.54, 1.807) is 0 Å². The first-order chi connectivity index (χ1) is 12.6. The summed E-state index contributed by atoms with van der Waals surface area (Å²) in [6.07, 6.45) is 12.3. The van der Waals surface area contributed by atoms with Crippen LogP contribution < -0.4 is 0 Å². The standard InChI is InChI=1S/C18H14Br3N.C2H6.C2H2/c1-12-16-11-14(21)6-9-18(16)22(17(12)3-2-10-19)15-7-4-13(20)5-8-15;2*1-2/h2-9,11H,10H2,1H3;1-2H3;1-2H/b3-2-;;. The van der Waals surface area contributed by atoms with Crippen LogP contribution in [0.1, 0.15) is 25.1 Å². The van der Waals surface area contributed by atoms with Crippen LogP contribution in [0.5, 0.6) is 0 Å². The SMILES string of the molecule is C#C.CC.Cc1c(/C=C\CBr)n(-c2ccc(Br)cc2)c2ccc(Br)cc12. The van der Waals surface area contributed by atoms with Crippen LogP contribution in [0, 0.1) is 19.8 Å². The first-order valence-electron chi connectivity index (χ1n) is 8.24. The van der Waals surface area contributed by atoms with E-state index in [-0.39, 0.29) is 0 Å². The third-order valence-electron chi connectivity index (χ3n) is 3.68. The topological polar surface area (TPSA) is 4.93 Å². The summed E-state index contributed by atoms with van der Waals surface area (Å²) in [6.45, 7) is 6.18. The molecule has 0 saturated carbocycles. The summed E-state index contributed by atoms with van der Waals surface area (Å²) in [5.41, 5.74) is 4.89. The van der Waals surface area contributed by atoms with Gasteiger partial charge < -0.3 is 4.57 Å². The maximum Gasteiger partial charge on any atom is 0.0538 e. The van der Waals surface area contributed by atoms with Crippen molar-refractivity contribution in [3.8, 4) is 18.5 Å². The molecule has 2 aromatic carbocycles. The molecule has 0 spiro atoms. The smallest absolute Gasteiger partial charge is 0.0538 e. The average molecular weight is 540 g/mol. The second-order valence-electron chi connectivity index (χ2n) is 5.04. The fourth-order valence-corrected chi connectivity index (χ4v) is 3.48. The quantitative estimate of drug-likeness (QED) is 0.234. The van der Waals surface area contributed by atoms with Crippen molar-refractivity contribution in [2.75, 3.05) is 5.33 Å². The highest BCUT2D eigenvalue weighted by Gasteiger charge is 2.13. The molecule has 0 aliphatic heterocycles. The number of terminal acetylenes is 1. The van der Waals surface area contributed by atoms with Crippen LogP contribution in [0.3, 0.4) is 0 Å². The molecule has 4 heteroatoms. The van der Waals surface area contributed by atoms with Crippen molar-refractivity contribution in [3.05, 3.63) is 68.7 Å². The lowest BCUT2D eigenvalue weighted by Crippen LogP contribution is -1.96. The Balaban J connectivity index is 0.000000791. The lowest BCUT2D eigenvalue weighted by Gasteiger charge is -2.09. The predicted molar refractivity (Wildman–Crippen MR) is 127 cm³/mol. The molecule has 0 aliphatic rings. The Hall–Kier alpha value is -1.28. The van der Waals surface area contributed by atoms with E-state index in [0.29, 0.717) is 0 Å². The summed E-state index contributed by atoms with van der Waals surface area (Å²) in [4.78, 5) is 0. The number of benzene rings is 2. The van der Waals surface area contributed by atoms with E-state index < -0.39 is 0 Å². The fourth-order valence-electron chi connectivity index (χ4n) is 2.66. The van der Waals surface area contributed by atoms with Crippen molar-refractivity contribution in [3.63, 3.8) is 0 Å². The van der Waals surface area contributed by atoms with Gasteiger partial charge in [-0.3, -0.25) is 0 Å². The molecule has 0 N–H and O–H groups in total. The summed E-state index contributed by atoms with van der Waals surface area (Å²) in [5.74, 6) is 0. The van der Waals surface area contributed by atoms with Gasteiger partial charge >= 0.3 is 0 Å². The molecular formula is C22H22Br3N. The van der Waals surface area contributed by atoms with Gasteiger partial charge in [0.1, 0.15) is 0 Å². The molecule has 0 fully saturated rings. The third kappa shape index (κ3) is 5.13. The van der Waals surface area contributed by atoms with E-state index in [4.69, 9.17) is 0 Å². The number of halogens is 3. The van der Waals surface area contributed by atoms with E-state index in [1.807, 2.05) is 13.8 Å². The zero-order chi connectivity index (χ0) is 19.7. The van der Waals surface area contributed by atoms with Crippen molar-refractivity contribution in [2.24, 2.45) is 0 Å². The summed E-state index contributed by atoms with van der Waals surface area (Å²) in [5, 5.41) is 2.12. The number of alkyl halides is 1. The molecule has 3 aromatic rings. The van der Waals surface area contributed by atoms with Crippen molar-refractivity contribution in [2.45, 2.75) is 20.8 Å². The van der Waals surface area contributed by atoms with E-state index in [2.05, 4.69) is 127 Å². The lowest BCUT2D eigenvalue weighted by molar-refractivity contribution is 1.09.